The molecule has 1 saturated heterocycles. The Hall–Kier alpha value is -0.570. The zero-order chi connectivity index (χ0) is 14.4. The summed E-state index contributed by atoms with van der Waals surface area (Å²) < 4.78 is 0. The van der Waals surface area contributed by atoms with Crippen LogP contribution in [0, 0.1) is 0 Å². The first-order valence-electron chi connectivity index (χ1n) is 7.88. The zero-order valence-corrected chi connectivity index (χ0v) is 13.4. The number of halogens is 1. The third-order valence-electron chi connectivity index (χ3n) is 4.10. The summed E-state index contributed by atoms with van der Waals surface area (Å²) in [6.45, 7) is 5.72. The first kappa shape index (κ1) is 15.8. The molecule has 3 unspecified atom stereocenters. The normalized spacial score (nSPS) is 22.4. The van der Waals surface area contributed by atoms with E-state index in [0.29, 0.717) is 18.1 Å². The van der Waals surface area contributed by atoms with Gasteiger partial charge in [-0.2, -0.15) is 0 Å². The highest BCUT2D eigenvalue weighted by Crippen LogP contribution is 2.17. The molecule has 1 aliphatic rings. The lowest BCUT2D eigenvalue weighted by molar-refractivity contribution is 0.332. The highest BCUT2D eigenvalue weighted by atomic mass is 35.5. The molecule has 0 saturated carbocycles. The average Bonchev–Trinajstić information content (AvgIpc) is 2.42. The van der Waals surface area contributed by atoms with Gasteiger partial charge in [-0.3, -0.25) is 0 Å². The Morgan fingerprint density at radius 3 is 2.75 bits per heavy atom. The summed E-state index contributed by atoms with van der Waals surface area (Å²) in [4.78, 5) is 0. The van der Waals surface area contributed by atoms with Gasteiger partial charge < -0.3 is 10.6 Å². The van der Waals surface area contributed by atoms with Gasteiger partial charge in [-0.25, -0.2) is 0 Å². The van der Waals surface area contributed by atoms with Crippen LogP contribution in [0.3, 0.4) is 0 Å². The van der Waals surface area contributed by atoms with Crippen LogP contribution < -0.4 is 10.6 Å². The quantitative estimate of drug-likeness (QED) is 0.834. The third-order valence-corrected chi connectivity index (χ3v) is 4.47. The van der Waals surface area contributed by atoms with Crippen LogP contribution in [0.25, 0.3) is 0 Å². The summed E-state index contributed by atoms with van der Waals surface area (Å²) in [7, 11) is 0. The van der Waals surface area contributed by atoms with Gasteiger partial charge in [0.1, 0.15) is 0 Å². The average molecular weight is 295 g/mol. The molecule has 2 nitrogen and oxygen atoms in total. The van der Waals surface area contributed by atoms with Gasteiger partial charge in [0.2, 0.25) is 0 Å². The molecule has 0 radical (unpaired) electrons. The van der Waals surface area contributed by atoms with Crippen LogP contribution in [0.2, 0.25) is 5.02 Å². The second-order valence-electron chi connectivity index (χ2n) is 6.15. The smallest absolute Gasteiger partial charge is 0.0438 e. The van der Waals surface area contributed by atoms with Crippen molar-refractivity contribution in [1.82, 2.24) is 10.6 Å². The van der Waals surface area contributed by atoms with Gasteiger partial charge in [-0.15, -0.1) is 0 Å². The van der Waals surface area contributed by atoms with E-state index < -0.39 is 0 Å². The van der Waals surface area contributed by atoms with Gasteiger partial charge in [-0.05, 0) is 57.7 Å². The molecule has 2 N–H and O–H groups in total. The standard InChI is InChI=1S/C17H27ClN2/c1-13(11-15-7-3-4-9-17(15)18)20-14(2)12-16-8-5-6-10-19-16/h3-4,7,9,13-14,16,19-20H,5-6,8,10-12H2,1-2H3. The second kappa shape index (κ2) is 8.02. The number of hydrogen-bond donors (Lipinski definition) is 2. The summed E-state index contributed by atoms with van der Waals surface area (Å²) in [5.41, 5.74) is 1.23. The minimum absolute atomic E-state index is 0.452. The van der Waals surface area contributed by atoms with Gasteiger partial charge in [-0.1, -0.05) is 36.2 Å². The maximum Gasteiger partial charge on any atom is 0.0438 e. The molecule has 1 fully saturated rings. The van der Waals surface area contributed by atoms with Crippen molar-refractivity contribution in [2.45, 2.75) is 64.1 Å². The first-order valence-corrected chi connectivity index (χ1v) is 8.26. The van der Waals surface area contributed by atoms with E-state index in [1.807, 2.05) is 12.1 Å². The molecule has 1 aliphatic heterocycles. The summed E-state index contributed by atoms with van der Waals surface area (Å²) in [6.07, 6.45) is 6.24. The first-order chi connectivity index (χ1) is 9.65. The molecular formula is C17H27ClN2. The van der Waals surface area contributed by atoms with Gasteiger partial charge >= 0.3 is 0 Å². The summed E-state index contributed by atoms with van der Waals surface area (Å²) >= 11 is 6.22. The minimum atomic E-state index is 0.452. The van der Waals surface area contributed by atoms with E-state index in [1.54, 1.807) is 0 Å². The zero-order valence-electron chi connectivity index (χ0n) is 12.7. The van der Waals surface area contributed by atoms with Gasteiger partial charge in [0.05, 0.1) is 0 Å². The minimum Gasteiger partial charge on any atom is -0.314 e. The van der Waals surface area contributed by atoms with Crippen molar-refractivity contribution in [2.75, 3.05) is 6.54 Å². The van der Waals surface area contributed by atoms with Crippen LogP contribution in [-0.4, -0.2) is 24.7 Å². The Bertz CT molecular complexity index is 402. The van der Waals surface area contributed by atoms with Gasteiger partial charge in [0.15, 0.2) is 0 Å². The fourth-order valence-corrected chi connectivity index (χ4v) is 3.37. The van der Waals surface area contributed by atoms with Crippen LogP contribution in [0.1, 0.15) is 45.1 Å². The van der Waals surface area contributed by atoms with Crippen molar-refractivity contribution >= 4 is 11.6 Å². The topological polar surface area (TPSA) is 24.1 Å². The lowest BCUT2D eigenvalue weighted by Gasteiger charge is -2.28. The monoisotopic (exact) mass is 294 g/mol. The van der Waals surface area contributed by atoms with Crippen molar-refractivity contribution in [3.8, 4) is 0 Å². The van der Waals surface area contributed by atoms with Crippen LogP contribution in [0.5, 0.6) is 0 Å². The van der Waals surface area contributed by atoms with Crippen molar-refractivity contribution in [1.29, 1.82) is 0 Å². The molecule has 0 spiro atoms. The Morgan fingerprint density at radius 2 is 2.05 bits per heavy atom. The molecule has 0 aliphatic carbocycles. The van der Waals surface area contributed by atoms with Gasteiger partial charge in [0.25, 0.3) is 0 Å². The van der Waals surface area contributed by atoms with Crippen LogP contribution in [0.4, 0.5) is 0 Å². The van der Waals surface area contributed by atoms with Crippen molar-refractivity contribution in [3.63, 3.8) is 0 Å². The van der Waals surface area contributed by atoms with Crippen LogP contribution in [-0.2, 0) is 6.42 Å². The molecule has 2 rings (SSSR count). The van der Waals surface area contributed by atoms with E-state index in [2.05, 4.69) is 36.6 Å². The van der Waals surface area contributed by atoms with Crippen molar-refractivity contribution < 1.29 is 0 Å². The maximum absolute atomic E-state index is 6.22. The van der Waals surface area contributed by atoms with E-state index in [4.69, 9.17) is 11.6 Å². The number of nitrogens with one attached hydrogen (secondary N) is 2. The molecule has 1 heterocycles. The SMILES string of the molecule is CC(Cc1ccccc1Cl)NC(C)CC1CCCCN1. The molecule has 20 heavy (non-hydrogen) atoms. The molecule has 3 heteroatoms. The van der Waals surface area contributed by atoms with E-state index in [1.165, 1.54) is 37.8 Å². The van der Waals surface area contributed by atoms with Crippen molar-refractivity contribution in [2.24, 2.45) is 0 Å². The van der Waals surface area contributed by atoms with Crippen molar-refractivity contribution in [3.05, 3.63) is 34.9 Å². The lowest BCUT2D eigenvalue weighted by Crippen LogP contribution is -2.42. The molecule has 0 amide bonds. The van der Waals surface area contributed by atoms with E-state index >= 15 is 0 Å². The van der Waals surface area contributed by atoms with E-state index in [-0.39, 0.29) is 0 Å². The molecule has 0 aromatic heterocycles. The number of benzene rings is 1. The fourth-order valence-electron chi connectivity index (χ4n) is 3.16. The summed E-state index contributed by atoms with van der Waals surface area (Å²) in [5.74, 6) is 0. The van der Waals surface area contributed by atoms with Crippen LogP contribution in [0.15, 0.2) is 24.3 Å². The maximum atomic E-state index is 6.22. The molecule has 0 bridgehead atoms. The van der Waals surface area contributed by atoms with Gasteiger partial charge in [0, 0.05) is 23.1 Å². The number of piperidine rings is 1. The molecule has 1 aromatic rings. The summed E-state index contributed by atoms with van der Waals surface area (Å²) in [5, 5.41) is 8.20. The lowest BCUT2D eigenvalue weighted by atomic mass is 9.98. The van der Waals surface area contributed by atoms with E-state index in [0.717, 1.165) is 11.4 Å². The molecule has 3 atom stereocenters. The molecular weight excluding hydrogens is 268 g/mol. The number of hydrogen-bond acceptors (Lipinski definition) is 2. The Morgan fingerprint density at radius 1 is 1.25 bits per heavy atom. The highest BCUT2D eigenvalue weighted by Gasteiger charge is 2.17. The Balaban J connectivity index is 1.75. The predicted molar refractivity (Wildman–Crippen MR) is 87.5 cm³/mol. The largest absolute Gasteiger partial charge is 0.314 e. The number of rotatable bonds is 6. The Kier molecular flexibility index (Phi) is 6.34. The highest BCUT2D eigenvalue weighted by molar-refractivity contribution is 6.31. The molecule has 112 valence electrons. The fraction of sp³-hybridized carbons (Fsp3) is 0.647. The summed E-state index contributed by atoms with van der Waals surface area (Å²) in [6, 6.07) is 9.83. The molecule has 1 aromatic carbocycles. The predicted octanol–water partition coefficient (Wildman–Crippen LogP) is 3.78. The van der Waals surface area contributed by atoms with E-state index in [9.17, 15) is 0 Å². The third kappa shape index (κ3) is 5.08. The van der Waals surface area contributed by atoms with Crippen LogP contribution >= 0.6 is 11.6 Å². The second-order valence-corrected chi connectivity index (χ2v) is 6.55. The Labute approximate surface area is 128 Å².